The average Bonchev–Trinajstić information content (AvgIpc) is 2.67. The van der Waals surface area contributed by atoms with E-state index in [-0.39, 0.29) is 1.43 Å². The van der Waals surface area contributed by atoms with Crippen molar-refractivity contribution in [3.8, 4) is 0 Å². The van der Waals surface area contributed by atoms with Gasteiger partial charge in [0.25, 0.3) is 10.2 Å². The summed E-state index contributed by atoms with van der Waals surface area (Å²) in [5.74, 6) is 0. The Morgan fingerprint density at radius 1 is 1.64 bits per heavy atom. The lowest BCUT2D eigenvalue weighted by Crippen LogP contribution is -2.44. The van der Waals surface area contributed by atoms with Crippen LogP contribution >= 0.6 is 11.5 Å². The lowest BCUT2D eigenvalue weighted by molar-refractivity contribution is 0.423. The maximum absolute atomic E-state index is 10.8. The number of rotatable bonds is 0. The molecule has 0 aromatic carbocycles. The van der Waals surface area contributed by atoms with Gasteiger partial charge in [-0.1, -0.05) is 0 Å². The van der Waals surface area contributed by atoms with E-state index in [4.69, 9.17) is 0 Å². The van der Waals surface area contributed by atoms with Gasteiger partial charge in [0.1, 0.15) is 0 Å². The summed E-state index contributed by atoms with van der Waals surface area (Å²) in [7, 11) is -1.51. The molecule has 0 bridgehead atoms. The Bertz CT molecular complexity index is 324. The minimum atomic E-state index is -3.08. The molecule has 82 valence electrons. The van der Waals surface area contributed by atoms with Crippen molar-refractivity contribution in [3.05, 3.63) is 17.6 Å². The first-order valence-corrected chi connectivity index (χ1v) is 6.46. The summed E-state index contributed by atoms with van der Waals surface area (Å²) in [6.07, 6.45) is 2.67. The van der Waals surface area contributed by atoms with Crippen molar-refractivity contribution >= 4 is 21.7 Å². The summed E-state index contributed by atoms with van der Waals surface area (Å²) in [5.41, 5.74) is 0. The van der Waals surface area contributed by atoms with Gasteiger partial charge in [0, 0.05) is 33.1 Å². The fourth-order valence-corrected chi connectivity index (χ4v) is 2.25. The van der Waals surface area contributed by atoms with E-state index in [1.54, 1.807) is 13.2 Å². The van der Waals surface area contributed by atoms with Gasteiger partial charge in [0.15, 0.2) is 0 Å². The summed E-state index contributed by atoms with van der Waals surface area (Å²) < 4.78 is 29.1. The van der Waals surface area contributed by atoms with Crippen molar-refractivity contribution in [2.75, 3.05) is 20.1 Å². The van der Waals surface area contributed by atoms with E-state index in [1.165, 1.54) is 15.8 Å². The van der Waals surface area contributed by atoms with Crippen LogP contribution in [0.3, 0.4) is 0 Å². The molecular formula is C7H15N3O2S2. The molecule has 1 aromatic rings. The van der Waals surface area contributed by atoms with E-state index in [2.05, 4.69) is 9.10 Å². The van der Waals surface area contributed by atoms with E-state index in [0.717, 1.165) is 6.42 Å². The van der Waals surface area contributed by atoms with Gasteiger partial charge in [0.05, 0.1) is 0 Å². The first kappa shape index (κ1) is 11.6. The third kappa shape index (κ3) is 3.70. The normalized spacial score (nSPS) is 20.9. The molecule has 2 rings (SSSR count). The highest BCUT2D eigenvalue weighted by atomic mass is 32.2. The second kappa shape index (κ2) is 5.40. The molecule has 14 heavy (non-hydrogen) atoms. The molecule has 5 nitrogen and oxygen atoms in total. The molecule has 0 aliphatic carbocycles. The highest BCUT2D eigenvalue weighted by molar-refractivity contribution is 7.87. The van der Waals surface area contributed by atoms with Crippen LogP contribution in [0.5, 0.6) is 0 Å². The number of hydrogen-bond acceptors (Lipinski definition) is 4. The summed E-state index contributed by atoms with van der Waals surface area (Å²) in [6, 6.07) is 1.91. The van der Waals surface area contributed by atoms with Crippen LogP contribution < -0.4 is 4.72 Å². The molecule has 0 atom stereocenters. The smallest absolute Gasteiger partial charge is 0.202 e. The SMILES string of the molecule is CN1CCCNS1(=O)=O.[HH].c1cnsc1. The Balaban J connectivity index is 0.000000280. The summed E-state index contributed by atoms with van der Waals surface area (Å²) in [6.45, 7) is 1.21. The maximum atomic E-state index is 10.8. The molecule has 2 heterocycles. The van der Waals surface area contributed by atoms with Crippen molar-refractivity contribution in [2.24, 2.45) is 0 Å². The Hall–Kier alpha value is -0.500. The van der Waals surface area contributed by atoms with Crippen molar-refractivity contribution in [1.29, 1.82) is 0 Å². The number of aromatic nitrogens is 1. The summed E-state index contributed by atoms with van der Waals surface area (Å²) >= 11 is 1.46. The number of nitrogens with one attached hydrogen (secondary N) is 1. The molecule has 0 radical (unpaired) electrons. The molecule has 0 saturated carbocycles. The zero-order valence-corrected chi connectivity index (χ0v) is 9.51. The van der Waals surface area contributed by atoms with Gasteiger partial charge in [-0.3, -0.25) is 0 Å². The van der Waals surface area contributed by atoms with Gasteiger partial charge < -0.3 is 0 Å². The predicted molar refractivity (Wildman–Crippen MR) is 58.4 cm³/mol. The van der Waals surface area contributed by atoms with E-state index >= 15 is 0 Å². The third-order valence-corrected chi connectivity index (χ3v) is 3.79. The van der Waals surface area contributed by atoms with Gasteiger partial charge in [0.2, 0.25) is 0 Å². The Labute approximate surface area is 89.6 Å². The minimum absolute atomic E-state index is 0. The van der Waals surface area contributed by atoms with Crippen LogP contribution in [-0.4, -0.2) is 37.2 Å². The maximum Gasteiger partial charge on any atom is 0.279 e. The van der Waals surface area contributed by atoms with Gasteiger partial charge in [-0.25, -0.2) is 9.10 Å². The molecule has 0 spiro atoms. The first-order chi connectivity index (χ1) is 6.63. The highest BCUT2D eigenvalue weighted by Gasteiger charge is 2.19. The van der Waals surface area contributed by atoms with Crippen molar-refractivity contribution in [2.45, 2.75) is 6.42 Å². The fraction of sp³-hybridized carbons (Fsp3) is 0.571. The van der Waals surface area contributed by atoms with Crippen LogP contribution in [0.15, 0.2) is 17.6 Å². The Morgan fingerprint density at radius 2 is 2.43 bits per heavy atom. The molecule has 1 aliphatic heterocycles. The van der Waals surface area contributed by atoms with Crippen molar-refractivity contribution in [3.63, 3.8) is 0 Å². The second-order valence-corrected chi connectivity index (χ2v) is 5.32. The van der Waals surface area contributed by atoms with E-state index in [0.29, 0.717) is 13.1 Å². The largest absolute Gasteiger partial charge is 0.279 e. The van der Waals surface area contributed by atoms with Crippen molar-refractivity contribution < 1.29 is 9.84 Å². The van der Waals surface area contributed by atoms with E-state index < -0.39 is 10.2 Å². The average molecular weight is 237 g/mol. The van der Waals surface area contributed by atoms with Crippen molar-refractivity contribution in [1.82, 2.24) is 13.4 Å². The molecule has 7 heteroatoms. The lowest BCUT2D eigenvalue weighted by atomic mass is 10.4. The number of nitrogens with zero attached hydrogens (tertiary/aromatic N) is 2. The van der Waals surface area contributed by atoms with Gasteiger partial charge in [-0.05, 0) is 24.0 Å². The minimum Gasteiger partial charge on any atom is -0.202 e. The zero-order chi connectivity index (χ0) is 10.4. The standard InChI is InChI=1S/C4H10N2O2S.C3H3NS.H2/c1-6-4-2-3-5-9(6,7)8;1-2-4-5-3-1;/h5H,2-4H2,1H3;1-3H;1H. The molecule has 1 aliphatic rings. The zero-order valence-electron chi connectivity index (χ0n) is 7.88. The second-order valence-electron chi connectivity index (χ2n) is 2.76. The summed E-state index contributed by atoms with van der Waals surface area (Å²) in [4.78, 5) is 0. The third-order valence-electron chi connectivity index (χ3n) is 1.69. The van der Waals surface area contributed by atoms with E-state index in [9.17, 15) is 8.42 Å². The van der Waals surface area contributed by atoms with E-state index in [1.807, 2.05) is 11.4 Å². The molecule has 0 amide bonds. The number of hydrogen-bond donors (Lipinski definition) is 1. The van der Waals surface area contributed by atoms with Crippen LogP contribution in [0.25, 0.3) is 0 Å². The Morgan fingerprint density at radius 3 is 2.71 bits per heavy atom. The van der Waals surface area contributed by atoms with Crippen LogP contribution in [0, 0.1) is 0 Å². The van der Waals surface area contributed by atoms with Crippen LogP contribution in [0.4, 0.5) is 0 Å². The topological polar surface area (TPSA) is 62.3 Å². The molecule has 1 aromatic heterocycles. The van der Waals surface area contributed by atoms with Gasteiger partial charge in [-0.2, -0.15) is 12.7 Å². The molecule has 1 saturated heterocycles. The van der Waals surface area contributed by atoms with Crippen LogP contribution in [0.2, 0.25) is 0 Å². The van der Waals surface area contributed by atoms with Crippen LogP contribution in [-0.2, 0) is 10.2 Å². The monoisotopic (exact) mass is 237 g/mol. The fourth-order valence-electron chi connectivity index (χ4n) is 0.909. The lowest BCUT2D eigenvalue weighted by Gasteiger charge is -2.22. The quantitative estimate of drug-likeness (QED) is 0.716. The Kier molecular flexibility index (Phi) is 4.46. The molecule has 1 fully saturated rings. The van der Waals surface area contributed by atoms with Gasteiger partial charge >= 0.3 is 0 Å². The van der Waals surface area contributed by atoms with Crippen LogP contribution in [0.1, 0.15) is 7.85 Å². The van der Waals surface area contributed by atoms with Gasteiger partial charge in [-0.15, -0.1) is 0 Å². The molecule has 0 unspecified atom stereocenters. The molecule has 1 N–H and O–H groups in total. The predicted octanol–water partition coefficient (Wildman–Crippen LogP) is 0.545. The first-order valence-electron chi connectivity index (χ1n) is 4.18. The highest BCUT2D eigenvalue weighted by Crippen LogP contribution is 2.00. The summed E-state index contributed by atoms with van der Waals surface area (Å²) in [5, 5.41) is 1.93. The molecular weight excluding hydrogens is 222 g/mol.